The molecule has 17 heavy (non-hydrogen) atoms. The van der Waals surface area contributed by atoms with Crippen molar-refractivity contribution in [2.45, 2.75) is 0 Å². The maximum absolute atomic E-state index is 6.01. The molecule has 0 radical (unpaired) electrons. The SMILES string of the molecule is S=c1[nH]ncn1/N=C/c1c(Cl)ccc(Cl)c1Cl. The highest BCUT2D eigenvalue weighted by atomic mass is 35.5. The molecule has 88 valence electrons. The second kappa shape index (κ2) is 5.18. The van der Waals surface area contributed by atoms with E-state index in [0.717, 1.165) is 0 Å². The van der Waals surface area contributed by atoms with E-state index in [0.29, 0.717) is 25.4 Å². The highest BCUT2D eigenvalue weighted by Gasteiger charge is 2.07. The molecule has 0 amide bonds. The molecule has 0 aliphatic carbocycles. The van der Waals surface area contributed by atoms with Gasteiger partial charge >= 0.3 is 0 Å². The first kappa shape index (κ1) is 12.6. The topological polar surface area (TPSA) is 46.0 Å². The first-order valence-electron chi connectivity index (χ1n) is 4.39. The van der Waals surface area contributed by atoms with Crippen molar-refractivity contribution in [2.75, 3.05) is 0 Å². The van der Waals surface area contributed by atoms with Crippen LogP contribution < -0.4 is 0 Å². The Morgan fingerprint density at radius 2 is 2.00 bits per heavy atom. The number of benzene rings is 1. The quantitative estimate of drug-likeness (QED) is 0.521. The maximum Gasteiger partial charge on any atom is 0.216 e. The zero-order chi connectivity index (χ0) is 12.4. The van der Waals surface area contributed by atoms with E-state index in [9.17, 15) is 0 Å². The summed E-state index contributed by atoms with van der Waals surface area (Å²) in [5.74, 6) is 0. The minimum atomic E-state index is 0.345. The second-order valence-corrected chi connectivity index (χ2v) is 4.59. The van der Waals surface area contributed by atoms with Crippen molar-refractivity contribution < 1.29 is 0 Å². The summed E-state index contributed by atoms with van der Waals surface area (Å²) in [4.78, 5) is 0. The number of halogens is 3. The molecule has 2 aromatic rings. The van der Waals surface area contributed by atoms with Gasteiger partial charge in [-0.2, -0.15) is 14.9 Å². The molecular formula is C9H5Cl3N4S. The molecule has 4 nitrogen and oxygen atoms in total. The lowest BCUT2D eigenvalue weighted by atomic mass is 10.2. The standard InChI is InChI=1S/C9H5Cl3N4S/c10-6-1-2-7(11)8(12)5(6)3-14-16-4-13-15-9(16)17/h1-4H,(H,15,17)/b14-3+. The van der Waals surface area contributed by atoms with Gasteiger partial charge in [0.05, 0.1) is 21.3 Å². The van der Waals surface area contributed by atoms with Crippen LogP contribution in [0.4, 0.5) is 0 Å². The van der Waals surface area contributed by atoms with Crippen LogP contribution in [0.2, 0.25) is 15.1 Å². The van der Waals surface area contributed by atoms with Crippen LogP contribution in [0.25, 0.3) is 0 Å². The summed E-state index contributed by atoms with van der Waals surface area (Å²) in [7, 11) is 0. The van der Waals surface area contributed by atoms with Gasteiger partial charge in [-0.3, -0.25) is 5.10 Å². The lowest BCUT2D eigenvalue weighted by Crippen LogP contribution is -1.91. The Balaban J connectivity index is 2.43. The van der Waals surface area contributed by atoms with Crippen LogP contribution in [0.5, 0.6) is 0 Å². The normalized spacial score (nSPS) is 11.2. The maximum atomic E-state index is 6.01. The summed E-state index contributed by atoms with van der Waals surface area (Å²) in [5, 5.41) is 11.6. The summed E-state index contributed by atoms with van der Waals surface area (Å²) in [5.41, 5.74) is 0.531. The van der Waals surface area contributed by atoms with E-state index in [1.807, 2.05) is 0 Å². The number of H-pyrrole nitrogens is 1. The molecule has 1 heterocycles. The van der Waals surface area contributed by atoms with Gasteiger partial charge in [-0.05, 0) is 24.4 Å². The van der Waals surface area contributed by atoms with E-state index < -0.39 is 0 Å². The third kappa shape index (κ3) is 2.69. The number of rotatable bonds is 2. The molecule has 1 aromatic heterocycles. The summed E-state index contributed by atoms with van der Waals surface area (Å²) in [6, 6.07) is 3.26. The Labute approximate surface area is 117 Å². The van der Waals surface area contributed by atoms with Gasteiger partial charge in [0.15, 0.2) is 0 Å². The van der Waals surface area contributed by atoms with Crippen LogP contribution in [0.3, 0.4) is 0 Å². The van der Waals surface area contributed by atoms with Crippen molar-refractivity contribution >= 4 is 53.2 Å². The zero-order valence-electron chi connectivity index (χ0n) is 8.19. The van der Waals surface area contributed by atoms with Crippen molar-refractivity contribution in [1.29, 1.82) is 0 Å². The minimum Gasteiger partial charge on any atom is -0.250 e. The molecule has 0 unspecified atom stereocenters. The molecule has 0 spiro atoms. The average Bonchev–Trinajstić information content (AvgIpc) is 2.70. The summed E-state index contributed by atoms with van der Waals surface area (Å²) < 4.78 is 1.75. The van der Waals surface area contributed by atoms with Gasteiger partial charge in [-0.15, -0.1) is 0 Å². The summed E-state index contributed by atoms with van der Waals surface area (Å²) in [6.07, 6.45) is 2.91. The third-order valence-electron chi connectivity index (χ3n) is 1.93. The van der Waals surface area contributed by atoms with Crippen LogP contribution in [0, 0.1) is 4.77 Å². The van der Waals surface area contributed by atoms with Gasteiger partial charge in [0.25, 0.3) is 0 Å². The van der Waals surface area contributed by atoms with Gasteiger partial charge in [0, 0.05) is 5.56 Å². The molecule has 0 aliphatic rings. The Bertz CT molecular complexity index is 631. The lowest BCUT2D eigenvalue weighted by molar-refractivity contribution is 0.863. The van der Waals surface area contributed by atoms with Gasteiger partial charge in [-0.25, -0.2) is 0 Å². The van der Waals surface area contributed by atoms with E-state index in [-0.39, 0.29) is 0 Å². The number of nitrogens with zero attached hydrogens (tertiary/aromatic N) is 3. The smallest absolute Gasteiger partial charge is 0.216 e. The average molecular weight is 308 g/mol. The number of hydrogen-bond donors (Lipinski definition) is 1. The van der Waals surface area contributed by atoms with Crippen LogP contribution in [0.15, 0.2) is 23.6 Å². The van der Waals surface area contributed by atoms with E-state index in [1.54, 1.807) is 12.1 Å². The highest BCUT2D eigenvalue weighted by molar-refractivity contribution is 7.71. The van der Waals surface area contributed by atoms with Crippen molar-refractivity contribution in [3.05, 3.63) is 43.9 Å². The van der Waals surface area contributed by atoms with Crippen LogP contribution in [-0.4, -0.2) is 21.1 Å². The molecule has 1 aromatic carbocycles. The Morgan fingerprint density at radius 3 is 2.65 bits per heavy atom. The summed E-state index contributed by atoms with van der Waals surface area (Å²) >= 11 is 22.8. The van der Waals surface area contributed by atoms with Gasteiger partial charge in [-0.1, -0.05) is 34.8 Å². The number of aromatic nitrogens is 3. The fourth-order valence-electron chi connectivity index (χ4n) is 1.11. The van der Waals surface area contributed by atoms with Crippen LogP contribution >= 0.6 is 47.0 Å². The lowest BCUT2D eigenvalue weighted by Gasteiger charge is -2.02. The molecule has 0 saturated carbocycles. The van der Waals surface area contributed by atoms with Gasteiger partial charge in [0.2, 0.25) is 4.77 Å². The van der Waals surface area contributed by atoms with E-state index in [1.165, 1.54) is 17.2 Å². The van der Waals surface area contributed by atoms with Gasteiger partial charge in [0.1, 0.15) is 6.33 Å². The molecule has 2 rings (SSSR count). The zero-order valence-corrected chi connectivity index (χ0v) is 11.3. The van der Waals surface area contributed by atoms with E-state index >= 15 is 0 Å². The van der Waals surface area contributed by atoms with Crippen molar-refractivity contribution in [3.63, 3.8) is 0 Å². The monoisotopic (exact) mass is 306 g/mol. The summed E-state index contributed by atoms with van der Waals surface area (Å²) in [6.45, 7) is 0. The van der Waals surface area contributed by atoms with Crippen molar-refractivity contribution in [3.8, 4) is 0 Å². The molecule has 0 bridgehead atoms. The second-order valence-electron chi connectivity index (χ2n) is 3.01. The Kier molecular flexibility index (Phi) is 3.83. The third-order valence-corrected chi connectivity index (χ3v) is 3.35. The van der Waals surface area contributed by atoms with E-state index in [2.05, 4.69) is 15.3 Å². The number of aromatic amines is 1. The largest absolute Gasteiger partial charge is 0.250 e. The first-order chi connectivity index (χ1) is 8.09. The molecular weight excluding hydrogens is 303 g/mol. The van der Waals surface area contributed by atoms with E-state index in [4.69, 9.17) is 47.0 Å². The van der Waals surface area contributed by atoms with Crippen LogP contribution in [0.1, 0.15) is 5.56 Å². The Morgan fingerprint density at radius 1 is 1.29 bits per heavy atom. The number of nitrogens with one attached hydrogen (secondary N) is 1. The van der Waals surface area contributed by atoms with Crippen molar-refractivity contribution in [2.24, 2.45) is 5.10 Å². The molecule has 0 aliphatic heterocycles. The molecule has 0 saturated heterocycles. The molecule has 1 N–H and O–H groups in total. The predicted octanol–water partition coefficient (Wildman–Crippen LogP) is 3.78. The number of hydrogen-bond acceptors (Lipinski definition) is 3. The fraction of sp³-hybridized carbons (Fsp3) is 0. The molecule has 0 fully saturated rings. The molecule has 0 atom stereocenters. The molecule has 8 heteroatoms. The fourth-order valence-corrected chi connectivity index (χ4v) is 1.89. The first-order valence-corrected chi connectivity index (χ1v) is 5.93. The Hall–Kier alpha value is -0.880. The van der Waals surface area contributed by atoms with Gasteiger partial charge < -0.3 is 0 Å². The van der Waals surface area contributed by atoms with Crippen LogP contribution in [-0.2, 0) is 0 Å². The highest BCUT2D eigenvalue weighted by Crippen LogP contribution is 2.29. The minimum absolute atomic E-state index is 0.345. The van der Waals surface area contributed by atoms with Crippen molar-refractivity contribution in [1.82, 2.24) is 14.9 Å². The predicted molar refractivity (Wildman–Crippen MR) is 71.9 cm³/mol.